The molecule has 0 bridgehead atoms. The standard InChI is InChI=1S/C9H7N3S/c1-5-8-9(13)11-7-4-2-3-6(10-5)12(7)8/h2-4H,1H3,(H,11,13). The van der Waals surface area contributed by atoms with Gasteiger partial charge in [0.25, 0.3) is 0 Å². The van der Waals surface area contributed by atoms with Crippen molar-refractivity contribution in [1.82, 2.24) is 14.4 Å². The normalized spacial score (nSPS) is 11.8. The molecule has 64 valence electrons. The van der Waals surface area contributed by atoms with Crippen molar-refractivity contribution < 1.29 is 0 Å². The highest BCUT2D eigenvalue weighted by Gasteiger charge is 2.09. The first-order valence-corrected chi connectivity index (χ1v) is 4.47. The van der Waals surface area contributed by atoms with Crippen LogP contribution < -0.4 is 0 Å². The van der Waals surface area contributed by atoms with Gasteiger partial charge in [-0.15, -0.1) is 0 Å². The molecule has 0 radical (unpaired) electrons. The Balaban J connectivity index is 2.84. The maximum atomic E-state index is 5.21. The van der Waals surface area contributed by atoms with E-state index in [1.807, 2.05) is 25.1 Å². The minimum Gasteiger partial charge on any atom is -0.331 e. The molecule has 3 aromatic heterocycles. The quantitative estimate of drug-likeness (QED) is 0.550. The second-order valence-corrected chi connectivity index (χ2v) is 3.51. The third-order valence-electron chi connectivity index (χ3n) is 2.27. The van der Waals surface area contributed by atoms with E-state index in [0.717, 1.165) is 27.1 Å². The SMILES string of the molecule is Cc1nc2cccc3[nH]c(=S)c1n23. The number of pyridine rings is 1. The Morgan fingerprint density at radius 1 is 1.46 bits per heavy atom. The third-order valence-corrected chi connectivity index (χ3v) is 2.57. The van der Waals surface area contributed by atoms with Gasteiger partial charge in [-0.2, -0.15) is 0 Å². The van der Waals surface area contributed by atoms with Crippen LogP contribution in [-0.4, -0.2) is 14.4 Å². The fourth-order valence-corrected chi connectivity index (χ4v) is 2.09. The number of H-pyrrole nitrogens is 1. The molecular formula is C9H7N3S. The Morgan fingerprint density at radius 3 is 3.15 bits per heavy atom. The molecule has 0 aliphatic carbocycles. The van der Waals surface area contributed by atoms with Crippen LogP contribution in [0.3, 0.4) is 0 Å². The number of nitrogens with zero attached hydrogens (tertiary/aromatic N) is 2. The maximum Gasteiger partial charge on any atom is 0.139 e. The third kappa shape index (κ3) is 0.734. The van der Waals surface area contributed by atoms with Crippen molar-refractivity contribution in [2.75, 3.05) is 0 Å². The van der Waals surface area contributed by atoms with E-state index in [0.29, 0.717) is 0 Å². The van der Waals surface area contributed by atoms with Crippen LogP contribution in [0.5, 0.6) is 0 Å². The molecule has 0 aromatic carbocycles. The van der Waals surface area contributed by atoms with E-state index in [4.69, 9.17) is 12.2 Å². The molecule has 3 rings (SSSR count). The summed E-state index contributed by atoms with van der Waals surface area (Å²) >= 11 is 5.21. The van der Waals surface area contributed by atoms with Gasteiger partial charge in [-0.25, -0.2) is 4.98 Å². The van der Waals surface area contributed by atoms with E-state index in [1.165, 1.54) is 0 Å². The van der Waals surface area contributed by atoms with Gasteiger partial charge in [-0.3, -0.25) is 4.40 Å². The number of aromatic amines is 1. The number of aromatic nitrogens is 3. The van der Waals surface area contributed by atoms with Gasteiger partial charge < -0.3 is 4.98 Å². The van der Waals surface area contributed by atoms with Gasteiger partial charge in [0, 0.05) is 0 Å². The largest absolute Gasteiger partial charge is 0.331 e. The van der Waals surface area contributed by atoms with Crippen LogP contribution in [0, 0.1) is 11.6 Å². The molecule has 13 heavy (non-hydrogen) atoms. The number of nitrogens with one attached hydrogen (secondary N) is 1. The molecule has 0 aliphatic heterocycles. The molecule has 0 amide bonds. The molecule has 4 heteroatoms. The molecular weight excluding hydrogens is 182 g/mol. The molecule has 3 heterocycles. The van der Waals surface area contributed by atoms with E-state index in [-0.39, 0.29) is 0 Å². The summed E-state index contributed by atoms with van der Waals surface area (Å²) in [6, 6.07) is 5.95. The van der Waals surface area contributed by atoms with Crippen molar-refractivity contribution in [2.45, 2.75) is 6.92 Å². The molecule has 0 aliphatic rings. The first-order chi connectivity index (χ1) is 6.27. The lowest BCUT2D eigenvalue weighted by Crippen LogP contribution is -1.81. The zero-order valence-electron chi connectivity index (χ0n) is 7.03. The van der Waals surface area contributed by atoms with Gasteiger partial charge in [0.2, 0.25) is 0 Å². The molecule has 0 saturated heterocycles. The lowest BCUT2D eigenvalue weighted by atomic mass is 10.4. The summed E-state index contributed by atoms with van der Waals surface area (Å²) in [5.74, 6) is 0. The van der Waals surface area contributed by atoms with Crippen LogP contribution >= 0.6 is 12.2 Å². The van der Waals surface area contributed by atoms with Gasteiger partial charge >= 0.3 is 0 Å². The molecule has 0 unspecified atom stereocenters. The van der Waals surface area contributed by atoms with Gasteiger partial charge in [0.1, 0.15) is 21.5 Å². The van der Waals surface area contributed by atoms with Crippen LogP contribution in [0.25, 0.3) is 16.8 Å². The van der Waals surface area contributed by atoms with Crippen molar-refractivity contribution in [3.63, 3.8) is 0 Å². The average Bonchev–Trinajstić information content (AvgIpc) is 2.57. The summed E-state index contributed by atoms with van der Waals surface area (Å²) < 4.78 is 2.82. The lowest BCUT2D eigenvalue weighted by molar-refractivity contribution is 1.25. The highest BCUT2D eigenvalue weighted by molar-refractivity contribution is 7.71. The van der Waals surface area contributed by atoms with Crippen LogP contribution in [0.2, 0.25) is 0 Å². The monoisotopic (exact) mass is 189 g/mol. The predicted octanol–water partition coefficient (Wildman–Crippen LogP) is 2.29. The second kappa shape index (κ2) is 2.09. The van der Waals surface area contributed by atoms with Crippen molar-refractivity contribution in [2.24, 2.45) is 0 Å². The topological polar surface area (TPSA) is 33.1 Å². The second-order valence-electron chi connectivity index (χ2n) is 3.10. The molecule has 1 N–H and O–H groups in total. The fraction of sp³-hybridized carbons (Fsp3) is 0.111. The number of aryl methyl sites for hydroxylation is 1. The Labute approximate surface area is 79.4 Å². The number of hydrogen-bond acceptors (Lipinski definition) is 2. The Morgan fingerprint density at radius 2 is 2.31 bits per heavy atom. The maximum absolute atomic E-state index is 5.21. The fourth-order valence-electron chi connectivity index (χ4n) is 1.75. The molecule has 0 fully saturated rings. The van der Waals surface area contributed by atoms with Crippen molar-refractivity contribution >= 4 is 29.0 Å². The summed E-state index contributed by atoms with van der Waals surface area (Å²) in [4.78, 5) is 7.56. The molecule has 0 atom stereocenters. The number of imidazole rings is 2. The summed E-state index contributed by atoms with van der Waals surface area (Å²) in [7, 11) is 0. The zero-order chi connectivity index (χ0) is 9.00. The molecule has 0 spiro atoms. The van der Waals surface area contributed by atoms with E-state index in [1.54, 1.807) is 0 Å². The summed E-state index contributed by atoms with van der Waals surface area (Å²) in [5.41, 5.74) is 3.98. The molecule has 0 saturated carbocycles. The van der Waals surface area contributed by atoms with Crippen molar-refractivity contribution in [1.29, 1.82) is 0 Å². The summed E-state index contributed by atoms with van der Waals surface area (Å²) in [6.07, 6.45) is 0. The van der Waals surface area contributed by atoms with Gasteiger partial charge in [0.15, 0.2) is 0 Å². The Bertz CT molecular complexity index is 634. The van der Waals surface area contributed by atoms with Gasteiger partial charge in [-0.05, 0) is 19.1 Å². The lowest BCUT2D eigenvalue weighted by Gasteiger charge is -1.90. The zero-order valence-corrected chi connectivity index (χ0v) is 7.85. The van der Waals surface area contributed by atoms with Crippen LogP contribution in [0.15, 0.2) is 18.2 Å². The van der Waals surface area contributed by atoms with E-state index < -0.39 is 0 Å². The van der Waals surface area contributed by atoms with Crippen LogP contribution in [-0.2, 0) is 0 Å². The minimum absolute atomic E-state index is 0.770. The average molecular weight is 189 g/mol. The van der Waals surface area contributed by atoms with E-state index in [9.17, 15) is 0 Å². The number of hydrogen-bond donors (Lipinski definition) is 1. The van der Waals surface area contributed by atoms with Crippen molar-refractivity contribution in [3.8, 4) is 0 Å². The Kier molecular flexibility index (Phi) is 1.13. The highest BCUT2D eigenvalue weighted by atomic mass is 32.1. The minimum atomic E-state index is 0.770. The van der Waals surface area contributed by atoms with Gasteiger partial charge in [0.05, 0.1) is 5.69 Å². The first kappa shape index (κ1) is 7.03. The van der Waals surface area contributed by atoms with Crippen LogP contribution in [0.4, 0.5) is 0 Å². The molecule has 3 nitrogen and oxygen atoms in total. The predicted molar refractivity (Wildman–Crippen MR) is 53.8 cm³/mol. The first-order valence-electron chi connectivity index (χ1n) is 4.07. The number of rotatable bonds is 0. The van der Waals surface area contributed by atoms with Crippen molar-refractivity contribution in [3.05, 3.63) is 28.5 Å². The molecule has 3 aromatic rings. The summed E-state index contributed by atoms with van der Waals surface area (Å²) in [6.45, 7) is 1.98. The Hall–Kier alpha value is -1.42. The van der Waals surface area contributed by atoms with Crippen LogP contribution in [0.1, 0.15) is 5.69 Å². The highest BCUT2D eigenvalue weighted by Crippen LogP contribution is 2.19. The van der Waals surface area contributed by atoms with E-state index >= 15 is 0 Å². The summed E-state index contributed by atoms with van der Waals surface area (Å²) in [5, 5.41) is 0. The smallest absolute Gasteiger partial charge is 0.139 e. The van der Waals surface area contributed by atoms with E-state index in [2.05, 4.69) is 14.4 Å². The van der Waals surface area contributed by atoms with Gasteiger partial charge in [-0.1, -0.05) is 18.3 Å².